The fraction of sp³-hybridized carbons (Fsp3) is 0.143. The number of aromatic amines is 1. The molecular formula is C21H16N4O5. The number of fused-ring (bicyclic) bond motifs is 2. The summed E-state index contributed by atoms with van der Waals surface area (Å²) in [5.41, 5.74) is 1.72. The zero-order valence-electron chi connectivity index (χ0n) is 15.6. The number of imidazole rings is 1. The lowest BCUT2D eigenvalue weighted by Gasteiger charge is -2.25. The minimum Gasteiger partial charge on any atom is -0.507 e. The smallest absolute Gasteiger partial charge is 0.310 e. The summed E-state index contributed by atoms with van der Waals surface area (Å²) in [4.78, 5) is 31.4. The second-order valence-corrected chi connectivity index (χ2v) is 6.49. The van der Waals surface area contributed by atoms with E-state index in [-0.39, 0.29) is 17.8 Å². The summed E-state index contributed by atoms with van der Waals surface area (Å²) in [6.45, 7) is -0.538. The second-order valence-electron chi connectivity index (χ2n) is 6.49. The number of carbonyl (C=O) groups is 2. The zero-order chi connectivity index (χ0) is 21.1. The number of esters is 1. The molecule has 1 atom stereocenters. The zero-order valence-corrected chi connectivity index (χ0v) is 15.6. The maximum Gasteiger partial charge on any atom is 0.310 e. The fourth-order valence-corrected chi connectivity index (χ4v) is 2.98. The minimum absolute atomic E-state index is 0.139. The highest BCUT2D eigenvalue weighted by molar-refractivity contribution is 5.99. The van der Waals surface area contributed by atoms with Crippen molar-refractivity contribution in [1.29, 1.82) is 5.26 Å². The van der Waals surface area contributed by atoms with Gasteiger partial charge in [0.25, 0.3) is 5.91 Å². The maximum absolute atomic E-state index is 12.1. The normalized spacial score (nSPS) is 16.0. The summed E-state index contributed by atoms with van der Waals surface area (Å²) in [5.74, 6) is -1.06. The number of benzene rings is 2. The van der Waals surface area contributed by atoms with Gasteiger partial charge in [-0.05, 0) is 24.3 Å². The van der Waals surface area contributed by atoms with E-state index >= 15 is 0 Å². The van der Waals surface area contributed by atoms with E-state index in [0.29, 0.717) is 22.5 Å². The number of nitrogens with zero attached hydrogens (tertiary/aromatic N) is 2. The first-order valence-corrected chi connectivity index (χ1v) is 9.04. The first kappa shape index (κ1) is 19.0. The Morgan fingerprint density at radius 2 is 2.00 bits per heavy atom. The van der Waals surface area contributed by atoms with E-state index in [2.05, 4.69) is 15.3 Å². The third-order valence-corrected chi connectivity index (χ3v) is 4.46. The molecule has 1 amide bonds. The van der Waals surface area contributed by atoms with Gasteiger partial charge in [0.05, 0.1) is 23.1 Å². The number of hydrogen-bond donors (Lipinski definition) is 3. The average Bonchev–Trinajstić information content (AvgIpc) is 3.17. The number of allylic oxidation sites excluding steroid dienone is 1. The molecule has 0 radical (unpaired) electrons. The molecule has 0 saturated heterocycles. The second kappa shape index (κ2) is 7.97. The van der Waals surface area contributed by atoms with Crippen LogP contribution in [0.5, 0.6) is 5.75 Å². The molecule has 9 heteroatoms. The third-order valence-electron chi connectivity index (χ3n) is 4.46. The van der Waals surface area contributed by atoms with Gasteiger partial charge in [-0.2, -0.15) is 5.26 Å². The monoisotopic (exact) mass is 404 g/mol. The molecule has 3 N–H and O–H groups in total. The number of aromatic nitrogens is 2. The lowest BCUT2D eigenvalue weighted by atomic mass is 10.1. The van der Waals surface area contributed by atoms with E-state index in [0.717, 1.165) is 0 Å². The van der Waals surface area contributed by atoms with E-state index < -0.39 is 30.3 Å². The fourth-order valence-electron chi connectivity index (χ4n) is 2.98. The first-order valence-electron chi connectivity index (χ1n) is 9.04. The molecule has 1 aliphatic rings. The predicted molar refractivity (Wildman–Crippen MR) is 106 cm³/mol. The van der Waals surface area contributed by atoms with Gasteiger partial charge in [0, 0.05) is 0 Å². The Hall–Kier alpha value is -4.32. The molecule has 0 bridgehead atoms. The van der Waals surface area contributed by atoms with E-state index in [1.54, 1.807) is 42.5 Å². The predicted octanol–water partition coefficient (Wildman–Crippen LogP) is 2.69. The lowest BCUT2D eigenvalue weighted by molar-refractivity contribution is -0.147. The average molecular weight is 404 g/mol. The SMILES string of the molecule is N#C/C(=C(/O)COC(=O)CC1Oc2ccccc2NC1=O)c1nc2ccccc2[nH]1. The number of nitrogens with one attached hydrogen (secondary N) is 2. The van der Waals surface area contributed by atoms with Gasteiger partial charge < -0.3 is 24.9 Å². The van der Waals surface area contributed by atoms with Gasteiger partial charge in [-0.3, -0.25) is 9.59 Å². The van der Waals surface area contributed by atoms with Crippen LogP contribution in [0.3, 0.4) is 0 Å². The van der Waals surface area contributed by atoms with Crippen molar-refractivity contribution in [2.45, 2.75) is 12.5 Å². The van der Waals surface area contributed by atoms with Gasteiger partial charge in [-0.25, -0.2) is 4.98 Å². The van der Waals surface area contributed by atoms with Gasteiger partial charge in [-0.1, -0.05) is 24.3 Å². The maximum atomic E-state index is 12.1. The minimum atomic E-state index is -1.05. The van der Waals surface area contributed by atoms with Crippen molar-refractivity contribution in [3.8, 4) is 11.8 Å². The Kier molecular flexibility index (Phi) is 5.05. The summed E-state index contributed by atoms with van der Waals surface area (Å²) in [6, 6.07) is 15.9. The van der Waals surface area contributed by atoms with Gasteiger partial charge in [-0.15, -0.1) is 0 Å². The van der Waals surface area contributed by atoms with Crippen LogP contribution in [-0.2, 0) is 14.3 Å². The quantitative estimate of drug-likeness (QED) is 0.338. The molecule has 0 aliphatic carbocycles. The summed E-state index contributed by atoms with van der Waals surface area (Å²) in [6.07, 6.45) is -1.40. The Balaban J connectivity index is 1.41. The number of para-hydroxylation sites is 4. The van der Waals surface area contributed by atoms with Crippen molar-refractivity contribution in [3.05, 3.63) is 60.1 Å². The molecule has 150 valence electrons. The molecule has 0 spiro atoms. The molecule has 0 saturated carbocycles. The number of aliphatic hydroxyl groups is 1. The van der Waals surface area contributed by atoms with Crippen LogP contribution in [0.1, 0.15) is 12.2 Å². The molecule has 2 aromatic carbocycles. The number of aliphatic hydroxyl groups excluding tert-OH is 1. The highest BCUT2D eigenvalue weighted by atomic mass is 16.5. The Morgan fingerprint density at radius 3 is 2.80 bits per heavy atom. The topological polar surface area (TPSA) is 137 Å². The highest BCUT2D eigenvalue weighted by Gasteiger charge is 2.30. The van der Waals surface area contributed by atoms with Crippen LogP contribution in [0, 0.1) is 11.3 Å². The standard InChI is InChI=1S/C21H16N4O5/c22-10-12(20-23-13-5-1-2-6-14(13)24-20)16(26)11-29-19(27)9-18-21(28)25-15-7-3-4-8-17(15)30-18/h1-8,18,26H,9,11H2,(H,23,24)(H,25,28)/b16-12-. The van der Waals surface area contributed by atoms with Crippen LogP contribution in [0.25, 0.3) is 16.6 Å². The van der Waals surface area contributed by atoms with E-state index in [1.807, 2.05) is 12.1 Å². The molecule has 1 unspecified atom stereocenters. The van der Waals surface area contributed by atoms with Crippen molar-refractivity contribution in [3.63, 3.8) is 0 Å². The summed E-state index contributed by atoms with van der Waals surface area (Å²) in [5, 5.41) is 22.3. The van der Waals surface area contributed by atoms with Crippen molar-refractivity contribution in [2.75, 3.05) is 11.9 Å². The number of amides is 1. The molecule has 1 aliphatic heterocycles. The largest absolute Gasteiger partial charge is 0.507 e. The number of anilines is 1. The molecule has 4 rings (SSSR count). The van der Waals surface area contributed by atoms with Crippen molar-refractivity contribution in [1.82, 2.24) is 9.97 Å². The molecule has 30 heavy (non-hydrogen) atoms. The van der Waals surface area contributed by atoms with E-state index in [1.165, 1.54) is 0 Å². The number of ether oxygens (including phenoxy) is 2. The van der Waals surface area contributed by atoms with E-state index in [9.17, 15) is 20.0 Å². The Morgan fingerprint density at radius 1 is 1.23 bits per heavy atom. The van der Waals surface area contributed by atoms with Crippen LogP contribution in [0.4, 0.5) is 5.69 Å². The number of hydrogen-bond acceptors (Lipinski definition) is 7. The molecule has 0 fully saturated rings. The molecular weight excluding hydrogens is 388 g/mol. The molecule has 3 aromatic rings. The summed E-state index contributed by atoms with van der Waals surface area (Å²) in [7, 11) is 0. The first-order chi connectivity index (χ1) is 14.5. The van der Waals surface area contributed by atoms with Crippen LogP contribution >= 0.6 is 0 Å². The summed E-state index contributed by atoms with van der Waals surface area (Å²) >= 11 is 0. The number of carbonyl (C=O) groups excluding carboxylic acids is 2. The van der Waals surface area contributed by atoms with E-state index in [4.69, 9.17) is 9.47 Å². The summed E-state index contributed by atoms with van der Waals surface area (Å²) < 4.78 is 10.6. The Bertz CT molecular complexity index is 1170. The number of rotatable bonds is 5. The van der Waals surface area contributed by atoms with Crippen LogP contribution in [0.15, 0.2) is 54.3 Å². The van der Waals surface area contributed by atoms with Crippen LogP contribution < -0.4 is 10.1 Å². The third kappa shape index (κ3) is 3.79. The van der Waals surface area contributed by atoms with Gasteiger partial charge in [0.15, 0.2) is 17.7 Å². The number of nitriles is 1. The van der Waals surface area contributed by atoms with Crippen molar-refractivity contribution >= 4 is 34.2 Å². The highest BCUT2D eigenvalue weighted by Crippen LogP contribution is 2.29. The van der Waals surface area contributed by atoms with Crippen LogP contribution in [0.2, 0.25) is 0 Å². The molecule has 9 nitrogen and oxygen atoms in total. The lowest BCUT2D eigenvalue weighted by Crippen LogP contribution is -2.38. The molecule has 1 aromatic heterocycles. The number of H-pyrrole nitrogens is 1. The van der Waals surface area contributed by atoms with Gasteiger partial charge in [0.2, 0.25) is 0 Å². The van der Waals surface area contributed by atoms with Crippen LogP contribution in [-0.4, -0.2) is 39.7 Å². The van der Waals surface area contributed by atoms with Gasteiger partial charge in [0.1, 0.15) is 24.0 Å². The van der Waals surface area contributed by atoms with Crippen molar-refractivity contribution in [2.24, 2.45) is 0 Å². The Labute approximate surface area is 170 Å². The van der Waals surface area contributed by atoms with Gasteiger partial charge >= 0.3 is 5.97 Å². The molecule has 2 heterocycles. The van der Waals surface area contributed by atoms with Crippen molar-refractivity contribution < 1.29 is 24.2 Å².